The highest BCUT2D eigenvalue weighted by molar-refractivity contribution is 14.1. The molecule has 0 spiro atoms. The molecule has 0 unspecified atom stereocenters. The highest BCUT2D eigenvalue weighted by Crippen LogP contribution is 2.32. The lowest BCUT2D eigenvalue weighted by atomic mass is 10.1. The van der Waals surface area contributed by atoms with Gasteiger partial charge in [0.15, 0.2) is 0 Å². The molecule has 0 aliphatic carbocycles. The summed E-state index contributed by atoms with van der Waals surface area (Å²) in [4.78, 5) is 4.37. The van der Waals surface area contributed by atoms with E-state index in [1.54, 1.807) is 6.20 Å². The van der Waals surface area contributed by atoms with Gasteiger partial charge in [-0.3, -0.25) is 4.68 Å². The van der Waals surface area contributed by atoms with Crippen molar-refractivity contribution >= 4 is 33.5 Å². The summed E-state index contributed by atoms with van der Waals surface area (Å²) in [6.07, 6.45) is 2.52. The predicted octanol–water partition coefficient (Wildman–Crippen LogP) is 5.95. The van der Waals surface area contributed by atoms with Crippen LogP contribution in [0.5, 0.6) is 11.6 Å². The normalized spacial score (nSPS) is 10.6. The van der Waals surface area contributed by atoms with E-state index in [1.165, 1.54) is 5.56 Å². The second-order valence-corrected chi connectivity index (χ2v) is 7.80. The molecule has 0 radical (unpaired) electrons. The van der Waals surface area contributed by atoms with Crippen molar-refractivity contribution in [1.29, 1.82) is 0 Å². The molecule has 0 aliphatic heterocycles. The van der Waals surface area contributed by atoms with Crippen molar-refractivity contribution in [2.45, 2.75) is 26.8 Å². The highest BCUT2D eigenvalue weighted by Gasteiger charge is 2.15. The maximum atomic E-state index is 6.20. The molecular weight excluding hydrogens is 473 g/mol. The zero-order valence-corrected chi connectivity index (χ0v) is 18.5. The van der Waals surface area contributed by atoms with Gasteiger partial charge in [-0.15, -0.1) is 0 Å². The van der Waals surface area contributed by atoms with Crippen LogP contribution in [0.3, 0.4) is 0 Å². The summed E-state index contributed by atoms with van der Waals surface area (Å²) in [6, 6.07) is 18.3. The molecule has 2 heterocycles. The summed E-state index contributed by atoms with van der Waals surface area (Å²) >= 11 is 2.23. The van der Waals surface area contributed by atoms with Crippen molar-refractivity contribution in [2.75, 3.05) is 0 Å². The Kier molecular flexibility index (Phi) is 5.81. The van der Waals surface area contributed by atoms with Crippen LogP contribution in [0, 0.1) is 22.3 Å². The van der Waals surface area contributed by atoms with Gasteiger partial charge >= 0.3 is 0 Å². The first-order valence-corrected chi connectivity index (χ1v) is 10.6. The Morgan fingerprint density at radius 3 is 2.69 bits per heavy atom. The number of benzene rings is 2. The van der Waals surface area contributed by atoms with Crippen molar-refractivity contribution in [2.24, 2.45) is 0 Å². The number of rotatable bonds is 4. The van der Waals surface area contributed by atoms with Gasteiger partial charge in [-0.1, -0.05) is 49.1 Å². The fourth-order valence-electron chi connectivity index (χ4n) is 3.15. The van der Waals surface area contributed by atoms with Gasteiger partial charge in [0, 0.05) is 24.1 Å². The van der Waals surface area contributed by atoms with Crippen molar-refractivity contribution in [3.8, 4) is 23.5 Å². The number of aromatic nitrogens is 3. The van der Waals surface area contributed by atoms with E-state index in [2.05, 4.69) is 57.6 Å². The van der Waals surface area contributed by atoms with Crippen LogP contribution in [-0.4, -0.2) is 14.8 Å². The number of pyridine rings is 1. The zero-order valence-electron chi connectivity index (χ0n) is 16.3. The Hall–Kier alpha value is -2.85. The standard InChI is InChI=1S/C24H20IN3O/c1-3-4-11-19-14-20-17(2)27-28(16-18-9-6-5-7-10-18)22(20)15-23(19)29-24-21(25)12-8-13-26-24/h5-10,12-15H,3,16H2,1-2H3. The molecule has 0 saturated carbocycles. The molecule has 0 atom stereocenters. The molecule has 4 nitrogen and oxygen atoms in total. The van der Waals surface area contributed by atoms with Gasteiger partial charge in [0.1, 0.15) is 5.75 Å². The molecule has 0 bridgehead atoms. The third-order valence-corrected chi connectivity index (χ3v) is 5.36. The average molecular weight is 493 g/mol. The van der Waals surface area contributed by atoms with Gasteiger partial charge in [-0.05, 0) is 53.3 Å². The lowest BCUT2D eigenvalue weighted by molar-refractivity contribution is 0.458. The number of halogens is 1. The third kappa shape index (κ3) is 4.28. The molecule has 2 aromatic carbocycles. The molecular formula is C24H20IN3O. The van der Waals surface area contributed by atoms with Gasteiger partial charge in [0.2, 0.25) is 5.88 Å². The smallest absolute Gasteiger partial charge is 0.232 e. The minimum Gasteiger partial charge on any atom is -0.437 e. The molecule has 0 saturated heterocycles. The van der Waals surface area contributed by atoms with Crippen molar-refractivity contribution in [3.05, 3.63) is 81.2 Å². The van der Waals surface area contributed by atoms with Gasteiger partial charge in [-0.2, -0.15) is 5.10 Å². The third-order valence-electron chi connectivity index (χ3n) is 4.54. The fraction of sp³-hybridized carbons (Fsp3) is 0.167. The van der Waals surface area contributed by atoms with Crippen LogP contribution in [0.4, 0.5) is 0 Å². The van der Waals surface area contributed by atoms with Crippen LogP contribution in [0.15, 0.2) is 60.8 Å². The Morgan fingerprint density at radius 1 is 1.10 bits per heavy atom. The van der Waals surface area contributed by atoms with Gasteiger partial charge in [-0.25, -0.2) is 4.98 Å². The molecule has 4 rings (SSSR count). The van der Waals surface area contributed by atoms with E-state index in [0.29, 0.717) is 18.2 Å². The van der Waals surface area contributed by atoms with E-state index >= 15 is 0 Å². The minimum atomic E-state index is 0.581. The quantitative estimate of drug-likeness (QED) is 0.261. The monoisotopic (exact) mass is 493 g/mol. The first kappa shape index (κ1) is 19.5. The number of hydrogen-bond acceptors (Lipinski definition) is 3. The SMILES string of the molecule is CCC#Cc1cc2c(C)nn(Cc3ccccc3)c2cc1Oc1ncccc1I. The van der Waals surface area contributed by atoms with Gasteiger partial charge in [0.25, 0.3) is 0 Å². The lowest BCUT2D eigenvalue weighted by Gasteiger charge is -2.10. The Balaban J connectivity index is 1.83. The predicted molar refractivity (Wildman–Crippen MR) is 124 cm³/mol. The molecule has 29 heavy (non-hydrogen) atoms. The molecule has 144 valence electrons. The molecule has 0 aliphatic rings. The summed E-state index contributed by atoms with van der Waals surface area (Å²) < 4.78 is 9.17. The minimum absolute atomic E-state index is 0.581. The van der Waals surface area contributed by atoms with Crippen LogP contribution in [0.2, 0.25) is 0 Å². The number of nitrogens with zero attached hydrogens (tertiary/aromatic N) is 3. The van der Waals surface area contributed by atoms with Crippen LogP contribution >= 0.6 is 22.6 Å². The molecule has 2 aromatic heterocycles. The first-order valence-electron chi connectivity index (χ1n) is 9.48. The second kappa shape index (κ2) is 8.66. The Labute approximate surface area is 184 Å². The number of aryl methyl sites for hydroxylation is 1. The Bertz CT molecular complexity index is 1220. The van der Waals surface area contributed by atoms with Crippen molar-refractivity contribution in [1.82, 2.24) is 14.8 Å². The van der Waals surface area contributed by atoms with E-state index in [1.807, 2.05) is 54.9 Å². The van der Waals surface area contributed by atoms with Crippen LogP contribution in [-0.2, 0) is 6.54 Å². The van der Waals surface area contributed by atoms with Gasteiger partial charge in [0.05, 0.1) is 26.9 Å². The topological polar surface area (TPSA) is 39.9 Å². The largest absolute Gasteiger partial charge is 0.437 e. The summed E-state index contributed by atoms with van der Waals surface area (Å²) in [5.74, 6) is 7.68. The van der Waals surface area contributed by atoms with Gasteiger partial charge < -0.3 is 4.74 Å². The molecule has 0 fully saturated rings. The van der Waals surface area contributed by atoms with Crippen molar-refractivity contribution < 1.29 is 4.74 Å². The second-order valence-electron chi connectivity index (χ2n) is 6.64. The molecule has 0 N–H and O–H groups in total. The van der Waals surface area contributed by atoms with Crippen LogP contribution in [0.25, 0.3) is 10.9 Å². The molecule has 5 heteroatoms. The first-order chi connectivity index (χ1) is 14.2. The van der Waals surface area contributed by atoms with E-state index in [-0.39, 0.29) is 0 Å². The van der Waals surface area contributed by atoms with Crippen molar-refractivity contribution in [3.63, 3.8) is 0 Å². The van der Waals surface area contributed by atoms with E-state index in [0.717, 1.165) is 32.2 Å². The number of ether oxygens (including phenoxy) is 1. The van der Waals surface area contributed by atoms with E-state index in [4.69, 9.17) is 9.84 Å². The van der Waals surface area contributed by atoms with E-state index in [9.17, 15) is 0 Å². The summed E-state index contributed by atoms with van der Waals surface area (Å²) in [5, 5.41) is 5.86. The maximum Gasteiger partial charge on any atom is 0.232 e. The Morgan fingerprint density at radius 2 is 1.93 bits per heavy atom. The lowest BCUT2D eigenvalue weighted by Crippen LogP contribution is -2.02. The van der Waals surface area contributed by atoms with Crippen LogP contribution in [0.1, 0.15) is 30.2 Å². The highest BCUT2D eigenvalue weighted by atomic mass is 127. The van der Waals surface area contributed by atoms with E-state index < -0.39 is 0 Å². The summed E-state index contributed by atoms with van der Waals surface area (Å²) in [6.45, 7) is 4.77. The van der Waals surface area contributed by atoms with Crippen LogP contribution < -0.4 is 4.74 Å². The number of fused-ring (bicyclic) bond motifs is 1. The average Bonchev–Trinajstić information content (AvgIpc) is 3.03. The zero-order chi connectivity index (χ0) is 20.2. The summed E-state index contributed by atoms with van der Waals surface area (Å²) in [5.41, 5.74) is 4.06. The summed E-state index contributed by atoms with van der Waals surface area (Å²) in [7, 11) is 0. The molecule has 4 aromatic rings. The molecule has 0 amide bonds. The maximum absolute atomic E-state index is 6.20. The fourth-order valence-corrected chi connectivity index (χ4v) is 3.61. The number of hydrogen-bond donors (Lipinski definition) is 0.